The first-order valence-electron chi connectivity index (χ1n) is 3.39. The van der Waals surface area contributed by atoms with E-state index in [1.54, 1.807) is 0 Å². The van der Waals surface area contributed by atoms with Gasteiger partial charge in [0.05, 0.1) is 0 Å². The molecule has 0 bridgehead atoms. The Bertz CT molecular complexity index is 62.8. The van der Waals surface area contributed by atoms with Crippen LogP contribution in [0.2, 0.25) is 0 Å². The van der Waals surface area contributed by atoms with Crippen molar-refractivity contribution in [3.8, 4) is 0 Å². The van der Waals surface area contributed by atoms with Gasteiger partial charge in [-0.3, -0.25) is 0 Å². The summed E-state index contributed by atoms with van der Waals surface area (Å²) in [5.41, 5.74) is 5.64. The zero-order valence-corrected chi connectivity index (χ0v) is 5.48. The van der Waals surface area contributed by atoms with Crippen LogP contribution in [0.5, 0.6) is 0 Å². The lowest BCUT2D eigenvalue weighted by atomic mass is 9.88. The highest BCUT2D eigenvalue weighted by Crippen LogP contribution is 2.25. The lowest BCUT2D eigenvalue weighted by molar-refractivity contribution is 0.407. The minimum Gasteiger partial charge on any atom is -0.324 e. The van der Waals surface area contributed by atoms with Crippen LogP contribution in [0.25, 0.3) is 0 Å². The number of hydrogen-bond acceptors (Lipinski definition) is 1. The first-order chi connectivity index (χ1) is 3.79. The molecule has 47 valence electrons. The van der Waals surface area contributed by atoms with Crippen LogP contribution >= 0.6 is 0 Å². The SMILES string of the molecule is C[C@@H]1CCC[C](N)C1. The van der Waals surface area contributed by atoms with Crippen LogP contribution < -0.4 is 5.73 Å². The van der Waals surface area contributed by atoms with Crippen molar-refractivity contribution < 1.29 is 0 Å². The minimum atomic E-state index is 0.851. The van der Waals surface area contributed by atoms with Crippen molar-refractivity contribution in [2.75, 3.05) is 0 Å². The monoisotopic (exact) mass is 112 g/mol. The van der Waals surface area contributed by atoms with Crippen LogP contribution in [-0.4, -0.2) is 0 Å². The summed E-state index contributed by atoms with van der Waals surface area (Å²) < 4.78 is 0. The van der Waals surface area contributed by atoms with E-state index in [2.05, 4.69) is 6.92 Å². The van der Waals surface area contributed by atoms with E-state index in [1.165, 1.54) is 31.7 Å². The largest absolute Gasteiger partial charge is 0.324 e. The van der Waals surface area contributed by atoms with E-state index in [4.69, 9.17) is 5.73 Å². The van der Waals surface area contributed by atoms with E-state index in [0.717, 1.165) is 5.92 Å². The molecule has 0 spiro atoms. The van der Waals surface area contributed by atoms with Gasteiger partial charge in [0, 0.05) is 6.04 Å². The average molecular weight is 112 g/mol. The van der Waals surface area contributed by atoms with Gasteiger partial charge >= 0.3 is 0 Å². The van der Waals surface area contributed by atoms with Gasteiger partial charge in [0.1, 0.15) is 0 Å². The number of rotatable bonds is 0. The van der Waals surface area contributed by atoms with Crippen molar-refractivity contribution in [3.63, 3.8) is 0 Å². The Morgan fingerprint density at radius 2 is 2.38 bits per heavy atom. The predicted molar refractivity (Wildman–Crippen MR) is 35.1 cm³/mol. The van der Waals surface area contributed by atoms with E-state index in [-0.39, 0.29) is 0 Å². The smallest absolute Gasteiger partial charge is 0.0339 e. The lowest BCUT2D eigenvalue weighted by Crippen LogP contribution is -2.18. The van der Waals surface area contributed by atoms with Gasteiger partial charge in [-0.2, -0.15) is 0 Å². The molecule has 0 heterocycles. The van der Waals surface area contributed by atoms with Crippen molar-refractivity contribution in [1.82, 2.24) is 0 Å². The molecule has 1 aliphatic rings. The summed E-state index contributed by atoms with van der Waals surface area (Å²) in [7, 11) is 0. The Balaban J connectivity index is 2.23. The quantitative estimate of drug-likeness (QED) is 0.507. The first kappa shape index (κ1) is 6.09. The molecule has 0 aromatic rings. The average Bonchev–Trinajstić information content (AvgIpc) is 1.64. The molecule has 1 saturated carbocycles. The zero-order valence-electron chi connectivity index (χ0n) is 5.48. The molecular formula is C7H14N. The standard InChI is InChI=1S/C7H14N/c1-6-3-2-4-7(8)5-6/h6H,2-5,8H2,1H3/t6-/m1/s1. The van der Waals surface area contributed by atoms with E-state index < -0.39 is 0 Å². The molecule has 8 heavy (non-hydrogen) atoms. The summed E-state index contributed by atoms with van der Waals surface area (Å²) in [5.74, 6) is 0.851. The molecule has 0 aromatic heterocycles. The maximum atomic E-state index is 5.64. The van der Waals surface area contributed by atoms with Crippen LogP contribution in [0.3, 0.4) is 0 Å². The maximum absolute atomic E-state index is 5.64. The highest BCUT2D eigenvalue weighted by Gasteiger charge is 2.14. The van der Waals surface area contributed by atoms with Gasteiger partial charge in [-0.15, -0.1) is 0 Å². The molecular weight excluding hydrogens is 98.1 g/mol. The second kappa shape index (κ2) is 2.49. The fourth-order valence-electron chi connectivity index (χ4n) is 1.33. The molecule has 0 aromatic carbocycles. The van der Waals surface area contributed by atoms with Gasteiger partial charge in [-0.1, -0.05) is 19.8 Å². The summed E-state index contributed by atoms with van der Waals surface area (Å²) in [4.78, 5) is 0. The lowest BCUT2D eigenvalue weighted by Gasteiger charge is -2.21. The summed E-state index contributed by atoms with van der Waals surface area (Å²) in [5, 5.41) is 0. The summed E-state index contributed by atoms with van der Waals surface area (Å²) in [6.45, 7) is 2.27. The third-order valence-electron chi connectivity index (χ3n) is 1.81. The van der Waals surface area contributed by atoms with Crippen molar-refractivity contribution >= 4 is 0 Å². The molecule has 0 unspecified atom stereocenters. The molecule has 1 rings (SSSR count). The van der Waals surface area contributed by atoms with Gasteiger partial charge < -0.3 is 5.73 Å². The summed E-state index contributed by atoms with van der Waals surface area (Å²) in [6.07, 6.45) is 5.03. The summed E-state index contributed by atoms with van der Waals surface area (Å²) >= 11 is 0. The van der Waals surface area contributed by atoms with Crippen molar-refractivity contribution in [2.24, 2.45) is 11.7 Å². The Hall–Kier alpha value is -0.0400. The molecule has 0 amide bonds. The number of hydrogen-bond donors (Lipinski definition) is 1. The van der Waals surface area contributed by atoms with Crippen molar-refractivity contribution in [2.45, 2.75) is 32.6 Å². The molecule has 0 saturated heterocycles. The molecule has 1 atom stereocenters. The Morgan fingerprint density at radius 1 is 1.62 bits per heavy atom. The van der Waals surface area contributed by atoms with Gasteiger partial charge in [-0.25, -0.2) is 0 Å². The van der Waals surface area contributed by atoms with Gasteiger partial charge in [0.2, 0.25) is 0 Å². The molecule has 1 heteroatoms. The van der Waals surface area contributed by atoms with Crippen LogP contribution in [0.1, 0.15) is 32.6 Å². The molecule has 1 nitrogen and oxygen atoms in total. The second-order valence-electron chi connectivity index (χ2n) is 2.86. The zero-order chi connectivity index (χ0) is 5.98. The van der Waals surface area contributed by atoms with E-state index in [9.17, 15) is 0 Å². The van der Waals surface area contributed by atoms with Crippen molar-refractivity contribution in [3.05, 3.63) is 6.04 Å². The van der Waals surface area contributed by atoms with Crippen molar-refractivity contribution in [1.29, 1.82) is 0 Å². The van der Waals surface area contributed by atoms with E-state index in [0.29, 0.717) is 0 Å². The summed E-state index contributed by atoms with van der Waals surface area (Å²) in [6, 6.07) is 1.21. The van der Waals surface area contributed by atoms with Crippen LogP contribution in [-0.2, 0) is 0 Å². The third-order valence-corrected chi connectivity index (χ3v) is 1.81. The predicted octanol–water partition coefficient (Wildman–Crippen LogP) is 1.69. The normalized spacial score (nSPS) is 33.0. The second-order valence-corrected chi connectivity index (χ2v) is 2.86. The fourth-order valence-corrected chi connectivity index (χ4v) is 1.33. The third kappa shape index (κ3) is 1.48. The molecule has 2 N–H and O–H groups in total. The Morgan fingerprint density at radius 3 is 2.75 bits per heavy atom. The van der Waals surface area contributed by atoms with Gasteiger partial charge in [0.15, 0.2) is 0 Å². The van der Waals surface area contributed by atoms with Gasteiger partial charge in [0.25, 0.3) is 0 Å². The molecule has 0 aliphatic heterocycles. The molecule has 1 fully saturated rings. The highest BCUT2D eigenvalue weighted by atomic mass is 14.6. The van der Waals surface area contributed by atoms with E-state index in [1.807, 2.05) is 0 Å². The molecule has 1 radical (unpaired) electrons. The first-order valence-corrected chi connectivity index (χ1v) is 3.39. The van der Waals surface area contributed by atoms with Crippen LogP contribution in [0, 0.1) is 12.0 Å². The minimum absolute atomic E-state index is 0.851. The Kier molecular flexibility index (Phi) is 1.90. The topological polar surface area (TPSA) is 26.0 Å². The van der Waals surface area contributed by atoms with Crippen LogP contribution in [0.15, 0.2) is 0 Å². The maximum Gasteiger partial charge on any atom is 0.0339 e. The van der Waals surface area contributed by atoms with E-state index >= 15 is 0 Å². The fraction of sp³-hybridized carbons (Fsp3) is 0.857. The number of nitrogens with two attached hydrogens (primary N) is 1. The Labute approximate surface area is 51.3 Å². The highest BCUT2D eigenvalue weighted by molar-refractivity contribution is 4.87. The molecule has 1 aliphatic carbocycles. The van der Waals surface area contributed by atoms with Gasteiger partial charge in [-0.05, 0) is 18.8 Å². The van der Waals surface area contributed by atoms with Crippen LogP contribution in [0.4, 0.5) is 0 Å².